The molecule has 1 aromatic heterocycles. The van der Waals surface area contributed by atoms with E-state index >= 15 is 0 Å². The summed E-state index contributed by atoms with van der Waals surface area (Å²) in [4.78, 5) is 14.9. The van der Waals surface area contributed by atoms with E-state index in [-0.39, 0.29) is 23.1 Å². The molecular formula is C22H23ClN2O3S. The van der Waals surface area contributed by atoms with Crippen LogP contribution in [0.3, 0.4) is 0 Å². The molecule has 4 rings (SSSR count). The molecule has 0 saturated carbocycles. The van der Waals surface area contributed by atoms with Crippen molar-refractivity contribution in [2.24, 2.45) is 0 Å². The molecule has 0 atom stereocenters. The normalized spacial score (nSPS) is 15.0. The summed E-state index contributed by atoms with van der Waals surface area (Å²) in [5, 5.41) is 1.21. The van der Waals surface area contributed by atoms with E-state index < -0.39 is 9.84 Å². The number of halogens is 1. The number of nitrogens with zero attached hydrogens (tertiary/aromatic N) is 2. The summed E-state index contributed by atoms with van der Waals surface area (Å²) in [5.74, 6) is -0.0785. The van der Waals surface area contributed by atoms with Gasteiger partial charge in [0.05, 0.1) is 10.6 Å². The lowest BCUT2D eigenvalue weighted by molar-refractivity contribution is -0.132. The Hall–Kier alpha value is -2.31. The molecule has 1 saturated heterocycles. The number of benzene rings is 2. The Morgan fingerprint density at radius 2 is 1.66 bits per heavy atom. The summed E-state index contributed by atoms with van der Waals surface area (Å²) < 4.78 is 28.1. The number of carbonyl (C=O) groups is 1. The Morgan fingerprint density at radius 3 is 2.38 bits per heavy atom. The summed E-state index contributed by atoms with van der Waals surface area (Å²) in [5.41, 5.74) is 1.43. The smallest absolute Gasteiger partial charge is 0.242 e. The van der Waals surface area contributed by atoms with Gasteiger partial charge in [0, 0.05) is 35.2 Å². The molecule has 3 aromatic rings. The summed E-state index contributed by atoms with van der Waals surface area (Å²) in [6.07, 6.45) is 4.82. The molecule has 1 amide bonds. The number of rotatable bonds is 5. The van der Waals surface area contributed by atoms with Crippen molar-refractivity contribution in [2.75, 3.05) is 13.1 Å². The van der Waals surface area contributed by atoms with E-state index in [0.717, 1.165) is 37.9 Å². The second kappa shape index (κ2) is 8.20. The van der Waals surface area contributed by atoms with Crippen molar-refractivity contribution in [3.63, 3.8) is 0 Å². The maximum atomic E-state index is 13.2. The Kier molecular flexibility index (Phi) is 5.65. The second-order valence-corrected chi connectivity index (χ2v) is 9.86. The highest BCUT2D eigenvalue weighted by Crippen LogP contribution is 2.28. The summed E-state index contributed by atoms with van der Waals surface area (Å²) in [7, 11) is -3.58. The lowest BCUT2D eigenvalue weighted by atomic mass is 10.1. The fourth-order valence-corrected chi connectivity index (χ4v) is 5.57. The highest BCUT2D eigenvalue weighted by Gasteiger charge is 2.24. The van der Waals surface area contributed by atoms with Crippen molar-refractivity contribution in [1.29, 1.82) is 0 Å². The number of amides is 1. The number of sulfone groups is 1. The van der Waals surface area contributed by atoms with Crippen LogP contribution in [0.2, 0.25) is 5.02 Å². The molecule has 1 aliphatic heterocycles. The van der Waals surface area contributed by atoms with Gasteiger partial charge in [-0.1, -0.05) is 41.9 Å². The molecule has 0 N–H and O–H groups in total. The minimum Gasteiger partial charge on any atom is -0.341 e. The van der Waals surface area contributed by atoms with Crippen molar-refractivity contribution in [1.82, 2.24) is 9.47 Å². The molecule has 1 fully saturated rings. The molecule has 0 bridgehead atoms. The molecule has 29 heavy (non-hydrogen) atoms. The summed E-state index contributed by atoms with van der Waals surface area (Å²) >= 11 is 5.91. The molecule has 0 aliphatic carbocycles. The van der Waals surface area contributed by atoms with Gasteiger partial charge in [-0.3, -0.25) is 4.79 Å². The Bertz CT molecular complexity index is 1130. The van der Waals surface area contributed by atoms with Crippen LogP contribution in [0.1, 0.15) is 24.8 Å². The maximum absolute atomic E-state index is 13.2. The summed E-state index contributed by atoms with van der Waals surface area (Å²) in [6, 6.07) is 14.2. The minimum atomic E-state index is -3.58. The zero-order valence-corrected chi connectivity index (χ0v) is 17.6. The fourth-order valence-electron chi connectivity index (χ4n) is 3.86. The summed E-state index contributed by atoms with van der Waals surface area (Å²) in [6.45, 7) is 1.70. The van der Waals surface area contributed by atoms with Gasteiger partial charge in [-0.2, -0.15) is 0 Å². The van der Waals surface area contributed by atoms with Gasteiger partial charge >= 0.3 is 0 Å². The van der Waals surface area contributed by atoms with Gasteiger partial charge in [-0.25, -0.2) is 8.42 Å². The number of fused-ring (bicyclic) bond motifs is 1. The van der Waals surface area contributed by atoms with Gasteiger partial charge in [0.2, 0.25) is 5.91 Å². The second-order valence-electron chi connectivity index (χ2n) is 7.47. The molecule has 2 heterocycles. The Morgan fingerprint density at radius 1 is 0.966 bits per heavy atom. The van der Waals surface area contributed by atoms with E-state index in [4.69, 9.17) is 11.6 Å². The van der Waals surface area contributed by atoms with E-state index in [2.05, 4.69) is 0 Å². The zero-order valence-electron chi connectivity index (χ0n) is 16.1. The number of hydrogen-bond donors (Lipinski definition) is 0. The quantitative estimate of drug-likeness (QED) is 0.607. The molecule has 0 unspecified atom stereocenters. The van der Waals surface area contributed by atoms with E-state index in [9.17, 15) is 13.2 Å². The predicted octanol–water partition coefficient (Wildman–Crippen LogP) is 4.28. The average Bonchev–Trinajstić information content (AvgIpc) is 3.10. The topological polar surface area (TPSA) is 59.4 Å². The number of aromatic nitrogens is 1. The van der Waals surface area contributed by atoms with Crippen LogP contribution >= 0.6 is 11.6 Å². The number of piperidine rings is 1. The van der Waals surface area contributed by atoms with Gasteiger partial charge in [-0.15, -0.1) is 0 Å². The van der Waals surface area contributed by atoms with Crippen molar-refractivity contribution in [3.05, 3.63) is 65.3 Å². The molecule has 7 heteroatoms. The largest absolute Gasteiger partial charge is 0.341 e. The molecule has 1 aliphatic rings. The van der Waals surface area contributed by atoms with Crippen molar-refractivity contribution < 1.29 is 13.2 Å². The van der Waals surface area contributed by atoms with Gasteiger partial charge in [-0.05, 0) is 43.0 Å². The maximum Gasteiger partial charge on any atom is 0.242 e. The number of carbonyl (C=O) groups excluding carboxylic acids is 1. The number of likely N-dealkylation sites (tertiary alicyclic amines) is 1. The molecular weight excluding hydrogens is 408 g/mol. The van der Waals surface area contributed by atoms with Crippen LogP contribution in [0.5, 0.6) is 0 Å². The Labute approximate surface area is 175 Å². The van der Waals surface area contributed by atoms with Gasteiger partial charge < -0.3 is 9.47 Å². The van der Waals surface area contributed by atoms with E-state index in [1.165, 1.54) is 0 Å². The van der Waals surface area contributed by atoms with Crippen LogP contribution in [0.4, 0.5) is 0 Å². The molecule has 0 radical (unpaired) electrons. The van der Waals surface area contributed by atoms with Gasteiger partial charge in [0.1, 0.15) is 6.54 Å². The van der Waals surface area contributed by atoms with E-state index in [1.54, 1.807) is 41.1 Å². The third-order valence-corrected chi connectivity index (χ3v) is 7.33. The lowest BCUT2D eigenvalue weighted by Gasteiger charge is -2.27. The van der Waals surface area contributed by atoms with Crippen LogP contribution in [-0.4, -0.2) is 36.9 Å². The van der Waals surface area contributed by atoms with Crippen LogP contribution < -0.4 is 0 Å². The van der Waals surface area contributed by atoms with Crippen LogP contribution in [-0.2, 0) is 26.9 Å². The number of hydrogen-bond acceptors (Lipinski definition) is 3. The van der Waals surface area contributed by atoms with Crippen molar-refractivity contribution in [3.8, 4) is 0 Å². The van der Waals surface area contributed by atoms with Crippen LogP contribution in [0.25, 0.3) is 10.9 Å². The predicted molar refractivity (Wildman–Crippen MR) is 115 cm³/mol. The average molecular weight is 431 g/mol. The van der Waals surface area contributed by atoms with Crippen LogP contribution in [0.15, 0.2) is 59.6 Å². The molecule has 5 nitrogen and oxygen atoms in total. The van der Waals surface area contributed by atoms with E-state index in [0.29, 0.717) is 16.0 Å². The molecule has 152 valence electrons. The molecule has 0 spiro atoms. The third-order valence-electron chi connectivity index (χ3n) is 5.37. The van der Waals surface area contributed by atoms with Gasteiger partial charge in [0.25, 0.3) is 0 Å². The minimum absolute atomic E-state index is 0.0344. The number of para-hydroxylation sites is 1. The Balaban J connectivity index is 1.66. The van der Waals surface area contributed by atoms with Crippen LogP contribution in [0, 0.1) is 0 Å². The first-order chi connectivity index (χ1) is 13.9. The lowest BCUT2D eigenvalue weighted by Crippen LogP contribution is -2.37. The molecule has 2 aromatic carbocycles. The van der Waals surface area contributed by atoms with E-state index in [1.807, 2.05) is 23.1 Å². The fraction of sp³-hybridized carbons (Fsp3) is 0.318. The first-order valence-electron chi connectivity index (χ1n) is 9.77. The van der Waals surface area contributed by atoms with Crippen molar-refractivity contribution >= 4 is 38.2 Å². The monoisotopic (exact) mass is 430 g/mol. The van der Waals surface area contributed by atoms with Crippen molar-refractivity contribution in [2.45, 2.75) is 36.5 Å². The highest BCUT2D eigenvalue weighted by molar-refractivity contribution is 7.90. The standard InChI is InChI=1S/C22H23ClN2O3S/c23-18-10-8-17(9-11-18)16-29(27,28)21-14-25(20-7-3-2-6-19(20)21)15-22(26)24-12-4-1-5-13-24/h2-3,6-11,14H,1,4-5,12-13,15-16H2. The van der Waals surface area contributed by atoms with Gasteiger partial charge in [0.15, 0.2) is 9.84 Å². The zero-order chi connectivity index (χ0) is 20.4. The SMILES string of the molecule is O=C(Cn1cc(S(=O)(=O)Cc2ccc(Cl)cc2)c2ccccc21)N1CCCCC1. The first kappa shape index (κ1) is 20.0. The first-order valence-corrected chi connectivity index (χ1v) is 11.8. The third kappa shape index (κ3) is 4.33. The highest BCUT2D eigenvalue weighted by atomic mass is 35.5.